The van der Waals surface area contributed by atoms with Gasteiger partial charge in [0.2, 0.25) is 5.24 Å². The van der Waals surface area contributed by atoms with Crippen LogP contribution in [0.2, 0.25) is 0 Å². The van der Waals surface area contributed by atoms with Crippen LogP contribution in [0.3, 0.4) is 0 Å². The summed E-state index contributed by atoms with van der Waals surface area (Å²) in [5, 5.41) is -0.203. The van der Waals surface area contributed by atoms with Crippen LogP contribution in [0.15, 0.2) is 36.5 Å². The van der Waals surface area contributed by atoms with Gasteiger partial charge < -0.3 is 0 Å². The first-order valence-corrected chi connectivity index (χ1v) is 8.28. The molecule has 0 fully saturated rings. The lowest BCUT2D eigenvalue weighted by Crippen LogP contribution is -1.86. The molecular formula is C18H29ClO. The summed E-state index contributed by atoms with van der Waals surface area (Å²) in [6, 6.07) is 0. The van der Waals surface area contributed by atoms with Crippen LogP contribution >= 0.6 is 11.6 Å². The first-order valence-electron chi connectivity index (χ1n) is 7.90. The van der Waals surface area contributed by atoms with Gasteiger partial charge in [-0.15, -0.1) is 0 Å². The van der Waals surface area contributed by atoms with E-state index in [1.165, 1.54) is 19.3 Å². The second-order valence-electron chi connectivity index (χ2n) is 4.96. The molecule has 0 radical (unpaired) electrons. The maximum absolute atomic E-state index is 10.5. The highest BCUT2D eigenvalue weighted by Crippen LogP contribution is 2.08. The zero-order valence-corrected chi connectivity index (χ0v) is 13.6. The van der Waals surface area contributed by atoms with Gasteiger partial charge in [-0.25, -0.2) is 0 Å². The van der Waals surface area contributed by atoms with Gasteiger partial charge in [-0.2, -0.15) is 0 Å². The number of hydrogen-bond acceptors (Lipinski definition) is 1. The minimum absolute atomic E-state index is 0.203. The molecule has 0 aromatic heterocycles. The highest BCUT2D eigenvalue weighted by molar-refractivity contribution is 6.63. The minimum Gasteiger partial charge on any atom is -0.281 e. The molecule has 0 aromatic rings. The molecule has 2 heteroatoms. The van der Waals surface area contributed by atoms with E-state index in [1.54, 1.807) is 0 Å². The smallest absolute Gasteiger partial charge is 0.221 e. The van der Waals surface area contributed by atoms with Crippen LogP contribution in [0, 0.1) is 0 Å². The molecule has 0 rings (SSSR count). The summed E-state index contributed by atoms with van der Waals surface area (Å²) in [4.78, 5) is 10.5. The number of allylic oxidation sites excluding steroid dienone is 6. The van der Waals surface area contributed by atoms with Crippen molar-refractivity contribution in [2.75, 3.05) is 0 Å². The van der Waals surface area contributed by atoms with E-state index in [0.717, 1.165) is 38.5 Å². The van der Waals surface area contributed by atoms with Gasteiger partial charge in [0.25, 0.3) is 0 Å². The first-order chi connectivity index (χ1) is 9.77. The van der Waals surface area contributed by atoms with E-state index in [2.05, 4.69) is 43.4 Å². The molecule has 0 aliphatic rings. The summed E-state index contributed by atoms with van der Waals surface area (Å²) in [5.74, 6) is 0. The predicted molar refractivity (Wildman–Crippen MR) is 90.1 cm³/mol. The SMILES string of the molecule is CC/C=C\C/C=C\C/C=C/CCCCCCCC(=O)Cl. The molecule has 0 spiro atoms. The highest BCUT2D eigenvalue weighted by Gasteiger charge is 1.95. The molecule has 0 aliphatic carbocycles. The van der Waals surface area contributed by atoms with E-state index in [0.29, 0.717) is 6.42 Å². The molecule has 0 aliphatic heterocycles. The standard InChI is InChI=1S/C18H29ClO/c1-2-3-4-5-6-7-8-9-10-11-12-13-14-15-16-17-18(19)20/h3-4,6-7,9-10H,2,5,8,11-17H2,1H3/b4-3-,7-6-,10-9+. The third-order valence-corrected chi connectivity index (χ3v) is 3.21. The van der Waals surface area contributed by atoms with Crippen LogP contribution < -0.4 is 0 Å². The molecule has 0 aromatic carbocycles. The summed E-state index contributed by atoms with van der Waals surface area (Å²) in [6.45, 7) is 2.15. The Balaban J connectivity index is 3.23. The van der Waals surface area contributed by atoms with Crippen molar-refractivity contribution >= 4 is 16.8 Å². The Labute approximate surface area is 129 Å². The monoisotopic (exact) mass is 296 g/mol. The van der Waals surface area contributed by atoms with Gasteiger partial charge in [0.05, 0.1) is 0 Å². The maximum Gasteiger partial charge on any atom is 0.221 e. The molecule has 0 saturated carbocycles. The summed E-state index contributed by atoms with van der Waals surface area (Å²) >= 11 is 5.28. The van der Waals surface area contributed by atoms with Gasteiger partial charge in [0, 0.05) is 6.42 Å². The van der Waals surface area contributed by atoms with Crippen LogP contribution in [0.25, 0.3) is 0 Å². The quantitative estimate of drug-likeness (QED) is 0.220. The van der Waals surface area contributed by atoms with Gasteiger partial charge in [-0.05, 0) is 50.1 Å². The molecular weight excluding hydrogens is 268 g/mol. The molecule has 20 heavy (non-hydrogen) atoms. The van der Waals surface area contributed by atoms with Crippen molar-refractivity contribution < 1.29 is 4.79 Å². The van der Waals surface area contributed by atoms with Gasteiger partial charge in [0.15, 0.2) is 0 Å². The number of hydrogen-bond donors (Lipinski definition) is 0. The predicted octanol–water partition coefficient (Wildman–Crippen LogP) is 6.34. The average molecular weight is 297 g/mol. The summed E-state index contributed by atoms with van der Waals surface area (Å²) in [5.41, 5.74) is 0. The van der Waals surface area contributed by atoms with E-state index >= 15 is 0 Å². The van der Waals surface area contributed by atoms with E-state index in [1.807, 2.05) is 0 Å². The highest BCUT2D eigenvalue weighted by atomic mass is 35.5. The molecule has 114 valence electrons. The van der Waals surface area contributed by atoms with Gasteiger partial charge in [-0.1, -0.05) is 62.6 Å². The summed E-state index contributed by atoms with van der Waals surface area (Å²) in [6.07, 6.45) is 24.0. The molecule has 0 N–H and O–H groups in total. The zero-order valence-electron chi connectivity index (χ0n) is 12.8. The Hall–Kier alpha value is -0.820. The van der Waals surface area contributed by atoms with Crippen molar-refractivity contribution in [3.05, 3.63) is 36.5 Å². The fraction of sp³-hybridized carbons (Fsp3) is 0.611. The number of carbonyl (C=O) groups excluding carboxylic acids is 1. The molecule has 0 saturated heterocycles. The Morgan fingerprint density at radius 2 is 1.35 bits per heavy atom. The van der Waals surface area contributed by atoms with Crippen molar-refractivity contribution in [3.63, 3.8) is 0 Å². The topological polar surface area (TPSA) is 17.1 Å². The normalized spacial score (nSPS) is 12.1. The Bertz CT molecular complexity index is 303. The van der Waals surface area contributed by atoms with Crippen molar-refractivity contribution in [1.29, 1.82) is 0 Å². The van der Waals surface area contributed by atoms with E-state index in [4.69, 9.17) is 11.6 Å². The maximum atomic E-state index is 10.5. The van der Waals surface area contributed by atoms with Crippen LogP contribution in [0.4, 0.5) is 0 Å². The third-order valence-electron chi connectivity index (χ3n) is 3.02. The first kappa shape index (κ1) is 19.2. The van der Waals surface area contributed by atoms with Gasteiger partial charge in [0.1, 0.15) is 0 Å². The van der Waals surface area contributed by atoms with E-state index in [-0.39, 0.29) is 5.24 Å². The van der Waals surface area contributed by atoms with Gasteiger partial charge in [-0.3, -0.25) is 4.79 Å². The molecule has 0 bridgehead atoms. The number of carbonyl (C=O) groups is 1. The second kappa shape index (κ2) is 16.2. The summed E-state index contributed by atoms with van der Waals surface area (Å²) < 4.78 is 0. The largest absolute Gasteiger partial charge is 0.281 e. The Morgan fingerprint density at radius 1 is 0.800 bits per heavy atom. The molecule has 1 nitrogen and oxygen atoms in total. The van der Waals surface area contributed by atoms with Gasteiger partial charge >= 0.3 is 0 Å². The fourth-order valence-corrected chi connectivity index (χ4v) is 2.02. The van der Waals surface area contributed by atoms with Crippen LogP contribution in [0.5, 0.6) is 0 Å². The van der Waals surface area contributed by atoms with Crippen LogP contribution in [-0.4, -0.2) is 5.24 Å². The molecule has 0 amide bonds. The lowest BCUT2D eigenvalue weighted by Gasteiger charge is -1.97. The van der Waals surface area contributed by atoms with E-state index in [9.17, 15) is 4.79 Å². The molecule has 0 atom stereocenters. The second-order valence-corrected chi connectivity index (χ2v) is 5.38. The lowest BCUT2D eigenvalue weighted by molar-refractivity contribution is -0.111. The zero-order chi connectivity index (χ0) is 14.9. The average Bonchev–Trinajstić information content (AvgIpc) is 2.43. The third kappa shape index (κ3) is 17.2. The van der Waals surface area contributed by atoms with Crippen molar-refractivity contribution in [2.45, 2.75) is 71.1 Å². The number of rotatable bonds is 13. The molecule has 0 unspecified atom stereocenters. The number of unbranched alkanes of at least 4 members (excludes halogenated alkanes) is 5. The summed E-state index contributed by atoms with van der Waals surface area (Å²) in [7, 11) is 0. The van der Waals surface area contributed by atoms with E-state index < -0.39 is 0 Å². The van der Waals surface area contributed by atoms with Crippen molar-refractivity contribution in [1.82, 2.24) is 0 Å². The number of halogens is 1. The minimum atomic E-state index is -0.203. The van der Waals surface area contributed by atoms with Crippen molar-refractivity contribution in [2.24, 2.45) is 0 Å². The van der Waals surface area contributed by atoms with Crippen molar-refractivity contribution in [3.8, 4) is 0 Å². The Kier molecular flexibility index (Phi) is 15.6. The Morgan fingerprint density at radius 3 is 2.00 bits per heavy atom. The van der Waals surface area contributed by atoms with Crippen LogP contribution in [0.1, 0.15) is 71.1 Å². The lowest BCUT2D eigenvalue weighted by atomic mass is 10.1. The fourth-order valence-electron chi connectivity index (χ4n) is 1.88. The molecule has 0 heterocycles. The van der Waals surface area contributed by atoms with Crippen LogP contribution in [-0.2, 0) is 4.79 Å².